The van der Waals surface area contributed by atoms with Gasteiger partial charge in [-0.3, -0.25) is 0 Å². The molecule has 0 saturated carbocycles. The van der Waals surface area contributed by atoms with Crippen LogP contribution >= 0.6 is 0 Å². The molecule has 1 N–H and O–H groups in total. The number of hydrogen-bond donors (Lipinski definition) is 1. The van der Waals surface area contributed by atoms with Crippen LogP contribution in [0.1, 0.15) is 62.1 Å². The monoisotopic (exact) mass is 569 g/mol. The van der Waals surface area contributed by atoms with Crippen molar-refractivity contribution in [1.29, 1.82) is 0 Å². The number of aliphatic hydroxyl groups excluding tert-OH is 1. The van der Waals surface area contributed by atoms with E-state index in [0.29, 0.717) is 11.8 Å². The van der Waals surface area contributed by atoms with Gasteiger partial charge in [0.1, 0.15) is 0 Å². The van der Waals surface area contributed by atoms with E-state index in [1.54, 1.807) is 6.92 Å². The maximum atomic E-state index is 9.10. The van der Waals surface area contributed by atoms with Crippen LogP contribution in [0, 0.1) is 13.0 Å². The molecule has 0 heterocycles. The molecule has 0 spiro atoms. The van der Waals surface area contributed by atoms with Gasteiger partial charge in [0, 0.05) is 53.8 Å². The average Bonchev–Trinajstić information content (AvgIpc) is 2.62. The molecule has 0 aliphatic carbocycles. The van der Waals surface area contributed by atoms with Gasteiger partial charge in [-0.15, -0.1) is 0 Å². The number of aliphatic hydroxyl groups is 1. The van der Waals surface area contributed by atoms with Gasteiger partial charge in [0.05, 0.1) is 6.61 Å². The van der Waals surface area contributed by atoms with E-state index < -0.39 is 0 Å². The van der Waals surface area contributed by atoms with Crippen LogP contribution in [0.4, 0.5) is 0 Å². The Bertz CT molecular complexity index is 513. The second kappa shape index (κ2) is 15.4. The van der Waals surface area contributed by atoms with Gasteiger partial charge in [-0.2, -0.15) is 42.8 Å². The second-order valence-electron chi connectivity index (χ2n) is 5.47. The van der Waals surface area contributed by atoms with Crippen molar-refractivity contribution in [2.75, 3.05) is 0 Å². The summed E-state index contributed by atoms with van der Waals surface area (Å²) in [6.45, 7) is 9.65. The van der Waals surface area contributed by atoms with Crippen LogP contribution in [0.15, 0.2) is 48.5 Å². The largest absolute Gasteiger partial charge is 0.392 e. The van der Waals surface area contributed by atoms with Crippen molar-refractivity contribution in [1.82, 2.24) is 0 Å². The first-order valence-corrected chi connectivity index (χ1v) is 8.11. The zero-order chi connectivity index (χ0) is 16.4. The van der Waals surface area contributed by atoms with Crippen LogP contribution in [-0.4, -0.2) is 5.11 Å². The smallest absolute Gasteiger partial charge is 0.0681 e. The van der Waals surface area contributed by atoms with Gasteiger partial charge in [0.25, 0.3) is 0 Å². The first-order chi connectivity index (χ1) is 10.7. The van der Waals surface area contributed by atoms with Crippen molar-refractivity contribution in [3.8, 4) is 0 Å². The fraction of sp³-hybridized carbons (Fsp3) is 0.381. The van der Waals surface area contributed by atoms with Crippen LogP contribution in [0.5, 0.6) is 0 Å². The Morgan fingerprint density at radius 1 is 1.00 bits per heavy atom. The van der Waals surface area contributed by atoms with Crippen molar-refractivity contribution in [2.24, 2.45) is 0 Å². The molecule has 0 bridgehead atoms. The van der Waals surface area contributed by atoms with E-state index in [-0.39, 0.29) is 60.4 Å². The van der Waals surface area contributed by atoms with E-state index in [1.807, 2.05) is 24.3 Å². The average molecular weight is 569 g/mol. The molecule has 0 saturated heterocycles. The van der Waals surface area contributed by atoms with Crippen LogP contribution in [-0.2, 0) is 60.4 Å². The van der Waals surface area contributed by atoms with Crippen molar-refractivity contribution in [3.05, 3.63) is 78.2 Å². The molecule has 2 unspecified atom stereocenters. The van der Waals surface area contributed by atoms with E-state index in [0.717, 1.165) is 18.4 Å². The summed E-state index contributed by atoms with van der Waals surface area (Å²) in [6.07, 6.45) is 2.31. The first kappa shape index (κ1) is 26.4. The normalized spacial score (nSPS) is 11.9. The van der Waals surface area contributed by atoms with Gasteiger partial charge in [-0.25, -0.2) is 0 Å². The maximum absolute atomic E-state index is 9.10. The Morgan fingerprint density at radius 3 is 2.00 bits per heavy atom. The van der Waals surface area contributed by atoms with Gasteiger partial charge < -0.3 is 12.0 Å². The Kier molecular flexibility index (Phi) is 17.0. The van der Waals surface area contributed by atoms with Gasteiger partial charge in [0.15, 0.2) is 0 Å². The van der Waals surface area contributed by atoms with Gasteiger partial charge in [-0.05, 0) is 29.4 Å². The summed E-state index contributed by atoms with van der Waals surface area (Å²) in [7, 11) is 0. The SMILES string of the molecule is CCC(CC(C)c1ccc(CO)cc1)c1cc[c-]cc1.[CH2-]C.[W].[Y]. The molecule has 2 rings (SSSR count). The topological polar surface area (TPSA) is 20.2 Å². The minimum absolute atomic E-state index is 0. The summed E-state index contributed by atoms with van der Waals surface area (Å²) in [6, 6.07) is 19.8. The van der Waals surface area contributed by atoms with E-state index in [9.17, 15) is 0 Å². The Balaban J connectivity index is 0. The number of hydrogen-bond acceptors (Lipinski definition) is 1. The molecular weight excluding hydrogens is 541 g/mol. The summed E-state index contributed by atoms with van der Waals surface area (Å²) in [5.41, 5.74) is 3.74. The summed E-state index contributed by atoms with van der Waals surface area (Å²) in [5.74, 6) is 1.12. The van der Waals surface area contributed by atoms with E-state index >= 15 is 0 Å². The molecule has 0 aromatic heterocycles. The second-order valence-corrected chi connectivity index (χ2v) is 5.47. The van der Waals surface area contributed by atoms with Crippen LogP contribution < -0.4 is 0 Å². The van der Waals surface area contributed by atoms with Crippen molar-refractivity contribution in [3.63, 3.8) is 0 Å². The molecule has 129 valence electrons. The molecule has 24 heavy (non-hydrogen) atoms. The standard InChI is InChI=1S/C19H23O.C2H5.W.Y/c1-3-17(19-7-5-4-6-8-19)13-15(2)18-11-9-16(14-20)10-12-18;1-2;;/h5-12,15,17,20H,3,13-14H2,1-2H3;1H2,2H3;;/q2*-1;;. The molecule has 0 fully saturated rings. The third kappa shape index (κ3) is 8.53. The van der Waals surface area contributed by atoms with E-state index in [2.05, 4.69) is 51.1 Å². The van der Waals surface area contributed by atoms with Crippen molar-refractivity contribution in [2.45, 2.75) is 52.1 Å². The molecule has 1 nitrogen and oxygen atoms in total. The molecular formula is C21H28OWY-2. The quantitative estimate of drug-likeness (QED) is 0.456. The molecule has 3 heteroatoms. The van der Waals surface area contributed by atoms with Crippen LogP contribution in [0.3, 0.4) is 0 Å². The molecule has 2 aromatic rings. The molecule has 1 radical (unpaired) electrons. The number of benzene rings is 2. The summed E-state index contributed by atoms with van der Waals surface area (Å²) < 4.78 is 0. The Hall–Kier alpha value is 0.192. The molecule has 0 aliphatic rings. The van der Waals surface area contributed by atoms with Gasteiger partial charge in [-0.1, -0.05) is 44.5 Å². The number of rotatable bonds is 6. The van der Waals surface area contributed by atoms with Crippen molar-refractivity contribution >= 4 is 0 Å². The van der Waals surface area contributed by atoms with E-state index in [4.69, 9.17) is 5.11 Å². The Labute approximate surface area is 187 Å². The summed E-state index contributed by atoms with van der Waals surface area (Å²) >= 11 is 0. The molecule has 0 amide bonds. The summed E-state index contributed by atoms with van der Waals surface area (Å²) in [5, 5.41) is 9.10. The zero-order valence-corrected chi connectivity index (χ0v) is 20.8. The third-order valence-electron chi connectivity index (χ3n) is 4.08. The zero-order valence-electron chi connectivity index (χ0n) is 15.0. The minimum atomic E-state index is 0. The van der Waals surface area contributed by atoms with Gasteiger partial charge >= 0.3 is 0 Å². The Morgan fingerprint density at radius 2 is 1.54 bits per heavy atom. The summed E-state index contributed by atoms with van der Waals surface area (Å²) in [4.78, 5) is 0. The minimum Gasteiger partial charge on any atom is -0.392 e. The predicted molar refractivity (Wildman–Crippen MR) is 94.7 cm³/mol. The molecule has 0 aliphatic heterocycles. The molecule has 2 aromatic carbocycles. The van der Waals surface area contributed by atoms with Crippen molar-refractivity contribution < 1.29 is 58.9 Å². The first-order valence-electron chi connectivity index (χ1n) is 8.11. The molecule has 2 atom stereocenters. The van der Waals surface area contributed by atoms with Crippen LogP contribution in [0.25, 0.3) is 0 Å². The third-order valence-corrected chi connectivity index (χ3v) is 4.08. The van der Waals surface area contributed by atoms with Crippen LogP contribution in [0.2, 0.25) is 0 Å². The van der Waals surface area contributed by atoms with Gasteiger partial charge in [0.2, 0.25) is 0 Å². The van der Waals surface area contributed by atoms with E-state index in [1.165, 1.54) is 11.1 Å². The fourth-order valence-corrected chi connectivity index (χ4v) is 2.72. The fourth-order valence-electron chi connectivity index (χ4n) is 2.72. The predicted octanol–water partition coefficient (Wildman–Crippen LogP) is 5.50. The maximum Gasteiger partial charge on any atom is 0.0681 e.